The Kier molecular flexibility index (Phi) is 8.15. The number of H-pyrrole nitrogens is 2. The number of nitrogens with one attached hydrogen (secondary N) is 3. The van der Waals surface area contributed by atoms with Crippen molar-refractivity contribution >= 4 is 17.0 Å². The van der Waals surface area contributed by atoms with Gasteiger partial charge in [0.15, 0.2) is 5.52 Å². The van der Waals surface area contributed by atoms with Crippen molar-refractivity contribution in [3.05, 3.63) is 27.0 Å². The zero-order chi connectivity index (χ0) is 17.9. The molecule has 0 saturated heterocycles. The van der Waals surface area contributed by atoms with Crippen molar-refractivity contribution in [2.24, 2.45) is 0 Å². The van der Waals surface area contributed by atoms with Crippen LogP contribution in [-0.2, 0) is 0 Å². The van der Waals surface area contributed by atoms with E-state index in [1.54, 1.807) is 0 Å². The van der Waals surface area contributed by atoms with Crippen molar-refractivity contribution in [1.82, 2.24) is 19.9 Å². The molecule has 2 rings (SSSR count). The molecule has 2 heterocycles. The van der Waals surface area contributed by atoms with Gasteiger partial charge in [0, 0.05) is 6.54 Å². The lowest BCUT2D eigenvalue weighted by atomic mass is 10.1. The van der Waals surface area contributed by atoms with Crippen molar-refractivity contribution in [2.75, 3.05) is 11.9 Å². The van der Waals surface area contributed by atoms with Gasteiger partial charge >= 0.3 is 0 Å². The lowest BCUT2D eigenvalue weighted by molar-refractivity contribution is 0.559. The Morgan fingerprint density at radius 2 is 1.60 bits per heavy atom. The fraction of sp³-hybridized carbons (Fsp3) is 0.667. The number of fused-ring (bicyclic) bond motifs is 1. The maximum Gasteiger partial charge on any atom is 0.299 e. The first kappa shape index (κ1) is 19.1. The molecule has 0 bridgehead atoms. The molecular formula is C18H29N5O2. The molecule has 138 valence electrons. The number of unbranched alkanes of at least 4 members (excludes halogenated alkanes) is 9. The summed E-state index contributed by atoms with van der Waals surface area (Å²) in [4.78, 5) is 36.9. The number of hydrogen-bond donors (Lipinski definition) is 3. The summed E-state index contributed by atoms with van der Waals surface area (Å²) in [5.41, 5.74) is -0.689. The van der Waals surface area contributed by atoms with Crippen LogP contribution in [0.3, 0.4) is 0 Å². The van der Waals surface area contributed by atoms with Crippen molar-refractivity contribution in [1.29, 1.82) is 0 Å². The molecule has 7 nitrogen and oxygen atoms in total. The minimum atomic E-state index is -0.489. The van der Waals surface area contributed by atoms with Gasteiger partial charge < -0.3 is 10.3 Å². The van der Waals surface area contributed by atoms with Crippen LogP contribution >= 0.6 is 0 Å². The molecule has 0 amide bonds. The second kappa shape index (κ2) is 10.6. The molecule has 0 unspecified atom stereocenters. The van der Waals surface area contributed by atoms with Crippen LogP contribution in [-0.4, -0.2) is 26.5 Å². The second-order valence-electron chi connectivity index (χ2n) is 6.45. The van der Waals surface area contributed by atoms with Crippen LogP contribution in [0.5, 0.6) is 0 Å². The van der Waals surface area contributed by atoms with Gasteiger partial charge in [-0.2, -0.15) is 4.98 Å². The molecule has 0 aromatic carbocycles. The van der Waals surface area contributed by atoms with Gasteiger partial charge in [0.25, 0.3) is 11.1 Å². The minimum Gasteiger partial charge on any atom is -0.356 e. The normalized spacial score (nSPS) is 11.1. The van der Waals surface area contributed by atoms with E-state index in [0.29, 0.717) is 6.54 Å². The van der Waals surface area contributed by atoms with E-state index in [-0.39, 0.29) is 17.0 Å². The molecule has 0 aliphatic rings. The summed E-state index contributed by atoms with van der Waals surface area (Å²) >= 11 is 0. The van der Waals surface area contributed by atoms with Gasteiger partial charge in [0.1, 0.15) is 5.52 Å². The molecule has 0 saturated carbocycles. The van der Waals surface area contributed by atoms with E-state index in [9.17, 15) is 9.59 Å². The Labute approximate surface area is 147 Å². The number of imidazole rings is 1. The van der Waals surface area contributed by atoms with E-state index in [4.69, 9.17) is 0 Å². The number of anilines is 1. The van der Waals surface area contributed by atoms with Crippen LogP contribution in [0.2, 0.25) is 0 Å². The first-order valence-electron chi connectivity index (χ1n) is 9.44. The van der Waals surface area contributed by atoms with Crippen LogP contribution < -0.4 is 16.4 Å². The lowest BCUT2D eigenvalue weighted by Gasteiger charge is -2.04. The van der Waals surface area contributed by atoms with Gasteiger partial charge in [0.05, 0.1) is 6.33 Å². The van der Waals surface area contributed by atoms with Crippen LogP contribution in [0.15, 0.2) is 15.9 Å². The highest BCUT2D eigenvalue weighted by Gasteiger charge is 2.06. The van der Waals surface area contributed by atoms with E-state index in [0.717, 1.165) is 12.8 Å². The molecule has 2 aromatic heterocycles. The smallest absolute Gasteiger partial charge is 0.299 e. The molecule has 7 heteroatoms. The standard InChI is InChI=1S/C18H29N5O2/c1-2-3-4-5-6-7-8-9-10-11-12-19-18-22-16(24)14-15(17(25)23-18)21-13-20-14/h13H,2-12H2,1H3,(H,20,21)(H2,19,22,23,24,25). The molecule has 0 spiro atoms. The maximum absolute atomic E-state index is 12.0. The molecular weight excluding hydrogens is 318 g/mol. The molecule has 0 fully saturated rings. The largest absolute Gasteiger partial charge is 0.356 e. The maximum atomic E-state index is 12.0. The van der Waals surface area contributed by atoms with Gasteiger partial charge in [-0.3, -0.25) is 14.6 Å². The van der Waals surface area contributed by atoms with Gasteiger partial charge in [-0.1, -0.05) is 64.7 Å². The molecule has 25 heavy (non-hydrogen) atoms. The van der Waals surface area contributed by atoms with Gasteiger partial charge in [0.2, 0.25) is 5.95 Å². The summed E-state index contributed by atoms with van der Waals surface area (Å²) in [5.74, 6) is 0.206. The van der Waals surface area contributed by atoms with Crippen LogP contribution in [0, 0.1) is 0 Å². The SMILES string of the molecule is CCCCCCCCCCCCNc1nc(=O)c2[nH]cnc2c(=O)[nH]1. The van der Waals surface area contributed by atoms with E-state index in [2.05, 4.69) is 32.2 Å². The quantitative estimate of drug-likeness (QED) is 0.511. The van der Waals surface area contributed by atoms with Gasteiger partial charge in [-0.15, -0.1) is 0 Å². The number of nitrogens with zero attached hydrogens (tertiary/aromatic N) is 2. The number of aromatic nitrogens is 4. The van der Waals surface area contributed by atoms with E-state index < -0.39 is 11.1 Å². The molecule has 0 atom stereocenters. The summed E-state index contributed by atoms with van der Waals surface area (Å²) in [6.07, 6.45) is 14.0. The Bertz CT molecular complexity index is 705. The Balaban J connectivity index is 1.65. The highest BCUT2D eigenvalue weighted by molar-refractivity contribution is 5.71. The van der Waals surface area contributed by atoms with Gasteiger partial charge in [-0.05, 0) is 6.42 Å². The highest BCUT2D eigenvalue weighted by atomic mass is 16.1. The van der Waals surface area contributed by atoms with Crippen molar-refractivity contribution in [3.63, 3.8) is 0 Å². The van der Waals surface area contributed by atoms with Crippen molar-refractivity contribution < 1.29 is 0 Å². The average molecular weight is 347 g/mol. The van der Waals surface area contributed by atoms with Crippen LogP contribution in [0.25, 0.3) is 11.0 Å². The topological polar surface area (TPSA) is 104 Å². The summed E-state index contributed by atoms with van der Waals surface area (Å²) in [6, 6.07) is 0. The minimum absolute atomic E-state index is 0.0875. The average Bonchev–Trinajstić information content (AvgIpc) is 3.05. The molecule has 2 aromatic rings. The monoisotopic (exact) mass is 347 g/mol. The predicted octanol–water partition coefficient (Wildman–Crippen LogP) is 3.34. The molecule has 3 N–H and O–H groups in total. The summed E-state index contributed by atoms with van der Waals surface area (Å²) in [5, 5.41) is 3.03. The molecule has 0 aliphatic carbocycles. The first-order chi connectivity index (χ1) is 12.2. The summed E-state index contributed by atoms with van der Waals surface area (Å²) in [6.45, 7) is 2.93. The third-order valence-corrected chi connectivity index (χ3v) is 4.34. The number of rotatable bonds is 12. The second-order valence-corrected chi connectivity index (χ2v) is 6.45. The third-order valence-electron chi connectivity index (χ3n) is 4.34. The van der Waals surface area contributed by atoms with E-state index >= 15 is 0 Å². The van der Waals surface area contributed by atoms with Crippen molar-refractivity contribution in [2.45, 2.75) is 71.1 Å². The summed E-state index contributed by atoms with van der Waals surface area (Å²) in [7, 11) is 0. The Morgan fingerprint density at radius 3 is 2.28 bits per heavy atom. The fourth-order valence-electron chi connectivity index (χ4n) is 2.88. The Morgan fingerprint density at radius 1 is 0.960 bits per heavy atom. The van der Waals surface area contributed by atoms with Gasteiger partial charge in [-0.25, -0.2) is 4.98 Å². The summed E-state index contributed by atoms with van der Waals surface area (Å²) < 4.78 is 0. The van der Waals surface area contributed by atoms with Crippen LogP contribution in [0.4, 0.5) is 5.95 Å². The fourth-order valence-corrected chi connectivity index (χ4v) is 2.88. The number of hydrogen-bond acceptors (Lipinski definition) is 5. The molecule has 0 radical (unpaired) electrons. The zero-order valence-corrected chi connectivity index (χ0v) is 15.1. The predicted molar refractivity (Wildman–Crippen MR) is 101 cm³/mol. The third kappa shape index (κ3) is 6.32. The van der Waals surface area contributed by atoms with E-state index in [1.807, 2.05) is 0 Å². The van der Waals surface area contributed by atoms with Crippen LogP contribution in [0.1, 0.15) is 71.1 Å². The zero-order valence-electron chi connectivity index (χ0n) is 15.1. The lowest BCUT2D eigenvalue weighted by Crippen LogP contribution is -2.11. The highest BCUT2D eigenvalue weighted by Crippen LogP contribution is 2.10. The first-order valence-corrected chi connectivity index (χ1v) is 9.44. The Hall–Kier alpha value is -2.18. The number of aromatic amines is 2. The molecule has 0 aliphatic heterocycles. The van der Waals surface area contributed by atoms with E-state index in [1.165, 1.54) is 57.7 Å². The van der Waals surface area contributed by atoms with Crippen molar-refractivity contribution in [3.8, 4) is 0 Å².